The van der Waals surface area contributed by atoms with Crippen molar-refractivity contribution in [3.8, 4) is 0 Å². The average molecular weight is 153 g/mol. The second kappa shape index (κ2) is 3.18. The zero-order valence-electron chi connectivity index (χ0n) is 6.45. The lowest BCUT2D eigenvalue weighted by atomic mass is 10.4. The van der Waals surface area contributed by atoms with Crippen LogP contribution in [0.1, 0.15) is 12.1 Å². The molecule has 1 rings (SSSR count). The van der Waals surface area contributed by atoms with Crippen LogP contribution in [0.5, 0.6) is 0 Å². The van der Waals surface area contributed by atoms with Crippen molar-refractivity contribution in [3.63, 3.8) is 0 Å². The van der Waals surface area contributed by atoms with Gasteiger partial charge in [0.2, 0.25) is 0 Å². The Bertz CT molecular complexity index is 235. The Morgan fingerprint density at radius 3 is 3.00 bits per heavy atom. The number of carbonyl (C=O) groups excluding carboxylic acids is 1. The highest BCUT2D eigenvalue weighted by atomic mass is 16.1. The van der Waals surface area contributed by atoms with Crippen molar-refractivity contribution in [3.05, 3.63) is 11.9 Å². The van der Waals surface area contributed by atoms with E-state index in [1.807, 2.05) is 6.92 Å². The molecule has 0 saturated carbocycles. The van der Waals surface area contributed by atoms with Gasteiger partial charge < -0.3 is 10.5 Å². The van der Waals surface area contributed by atoms with Crippen LogP contribution < -0.4 is 5.73 Å². The summed E-state index contributed by atoms with van der Waals surface area (Å²) in [6.45, 7) is 2.45. The quantitative estimate of drug-likeness (QED) is 0.638. The van der Waals surface area contributed by atoms with Gasteiger partial charge in [-0.15, -0.1) is 0 Å². The number of nitrogens with two attached hydrogens (primary N) is 1. The average Bonchev–Trinajstić information content (AvgIpc) is 2.28. The summed E-state index contributed by atoms with van der Waals surface area (Å²) < 4.78 is 1.68. The van der Waals surface area contributed by atoms with Crippen LogP contribution in [0.2, 0.25) is 0 Å². The summed E-state index contributed by atoms with van der Waals surface area (Å²) in [5.74, 6) is 0. The zero-order valence-corrected chi connectivity index (χ0v) is 6.45. The molecule has 0 bridgehead atoms. The van der Waals surface area contributed by atoms with Crippen molar-refractivity contribution >= 4 is 12.0 Å². The van der Waals surface area contributed by atoms with Gasteiger partial charge in [0, 0.05) is 19.2 Å². The molecule has 0 aliphatic rings. The van der Waals surface area contributed by atoms with Crippen LogP contribution in [-0.2, 0) is 11.3 Å². The molecule has 0 unspecified atom stereocenters. The van der Waals surface area contributed by atoms with Crippen molar-refractivity contribution in [1.29, 1.82) is 0 Å². The van der Waals surface area contributed by atoms with E-state index < -0.39 is 0 Å². The largest absolute Gasteiger partial charge is 0.396 e. The first-order valence-electron chi connectivity index (χ1n) is 3.47. The number of nitrogen functional groups attached to an aromatic ring is 1. The first-order chi connectivity index (χ1) is 5.24. The predicted octanol–water partition coefficient (Wildman–Crippen LogP) is 0.363. The van der Waals surface area contributed by atoms with Gasteiger partial charge in [0.1, 0.15) is 6.29 Å². The van der Waals surface area contributed by atoms with E-state index in [4.69, 9.17) is 5.73 Å². The summed E-state index contributed by atoms with van der Waals surface area (Å²) >= 11 is 0. The summed E-state index contributed by atoms with van der Waals surface area (Å²) in [6, 6.07) is 0. The third-order valence-corrected chi connectivity index (χ3v) is 1.46. The Morgan fingerprint density at radius 2 is 2.55 bits per heavy atom. The Balaban J connectivity index is 2.64. The Kier molecular flexibility index (Phi) is 2.25. The highest BCUT2D eigenvalue weighted by Gasteiger charge is 1.98. The molecule has 11 heavy (non-hydrogen) atoms. The van der Waals surface area contributed by atoms with E-state index in [1.165, 1.54) is 0 Å². The van der Waals surface area contributed by atoms with E-state index in [2.05, 4.69) is 5.10 Å². The SMILES string of the molecule is Cc1nn(CCC=O)cc1N. The minimum Gasteiger partial charge on any atom is -0.396 e. The van der Waals surface area contributed by atoms with Gasteiger partial charge in [-0.25, -0.2) is 0 Å². The molecule has 1 heterocycles. The lowest BCUT2D eigenvalue weighted by Gasteiger charge is -1.93. The summed E-state index contributed by atoms with van der Waals surface area (Å²) in [4.78, 5) is 10.00. The number of nitrogens with zero attached hydrogens (tertiary/aromatic N) is 2. The van der Waals surface area contributed by atoms with Crippen LogP contribution in [0.4, 0.5) is 5.69 Å². The molecule has 1 aromatic heterocycles. The van der Waals surface area contributed by atoms with Gasteiger partial charge in [0.05, 0.1) is 11.4 Å². The molecule has 0 radical (unpaired) electrons. The first-order valence-corrected chi connectivity index (χ1v) is 3.47. The van der Waals surface area contributed by atoms with Crippen LogP contribution in [0, 0.1) is 6.92 Å². The second-order valence-electron chi connectivity index (χ2n) is 2.39. The van der Waals surface area contributed by atoms with E-state index in [-0.39, 0.29) is 0 Å². The minimum atomic E-state index is 0.487. The van der Waals surface area contributed by atoms with Crippen LogP contribution >= 0.6 is 0 Å². The molecule has 0 amide bonds. The smallest absolute Gasteiger partial charge is 0.121 e. The molecule has 4 heteroatoms. The molecular weight excluding hydrogens is 142 g/mol. The van der Waals surface area contributed by atoms with Gasteiger partial charge in [-0.05, 0) is 6.92 Å². The molecule has 0 spiro atoms. The fraction of sp³-hybridized carbons (Fsp3) is 0.429. The molecular formula is C7H11N3O. The van der Waals surface area contributed by atoms with Crippen molar-refractivity contribution in [2.75, 3.05) is 5.73 Å². The number of hydrogen-bond donors (Lipinski definition) is 1. The van der Waals surface area contributed by atoms with Crippen LogP contribution in [-0.4, -0.2) is 16.1 Å². The van der Waals surface area contributed by atoms with Gasteiger partial charge in [-0.2, -0.15) is 5.10 Å². The fourth-order valence-corrected chi connectivity index (χ4v) is 0.833. The Hall–Kier alpha value is -1.32. The van der Waals surface area contributed by atoms with Crippen molar-refractivity contribution in [1.82, 2.24) is 9.78 Å². The molecule has 1 aromatic rings. The van der Waals surface area contributed by atoms with Gasteiger partial charge in [-0.3, -0.25) is 4.68 Å². The lowest BCUT2D eigenvalue weighted by Crippen LogP contribution is -1.98. The standard InChI is InChI=1S/C7H11N3O/c1-6-7(8)5-10(9-6)3-2-4-11/h4-5H,2-3,8H2,1H3. The van der Waals surface area contributed by atoms with E-state index in [1.54, 1.807) is 10.9 Å². The zero-order chi connectivity index (χ0) is 8.27. The van der Waals surface area contributed by atoms with Gasteiger partial charge in [-0.1, -0.05) is 0 Å². The second-order valence-corrected chi connectivity index (χ2v) is 2.39. The maximum absolute atomic E-state index is 10.00. The number of anilines is 1. The molecule has 0 aromatic carbocycles. The molecule has 0 saturated heterocycles. The number of aromatic nitrogens is 2. The van der Waals surface area contributed by atoms with Crippen LogP contribution in [0.3, 0.4) is 0 Å². The number of hydrogen-bond acceptors (Lipinski definition) is 3. The Labute approximate surface area is 65.0 Å². The third-order valence-electron chi connectivity index (χ3n) is 1.46. The molecule has 0 atom stereocenters. The fourth-order valence-electron chi connectivity index (χ4n) is 0.833. The van der Waals surface area contributed by atoms with Crippen molar-refractivity contribution in [2.45, 2.75) is 19.9 Å². The molecule has 0 aliphatic carbocycles. The van der Waals surface area contributed by atoms with Crippen LogP contribution in [0.15, 0.2) is 6.20 Å². The molecule has 2 N–H and O–H groups in total. The van der Waals surface area contributed by atoms with E-state index >= 15 is 0 Å². The molecule has 0 fully saturated rings. The monoisotopic (exact) mass is 153 g/mol. The number of rotatable bonds is 3. The highest BCUT2D eigenvalue weighted by molar-refractivity contribution is 5.49. The molecule has 0 aliphatic heterocycles. The van der Waals surface area contributed by atoms with Crippen molar-refractivity contribution < 1.29 is 4.79 Å². The minimum absolute atomic E-state index is 0.487. The summed E-state index contributed by atoms with van der Waals surface area (Å²) in [5.41, 5.74) is 7.03. The van der Waals surface area contributed by atoms with E-state index in [0.29, 0.717) is 18.7 Å². The first kappa shape index (κ1) is 7.78. The van der Waals surface area contributed by atoms with Gasteiger partial charge in [0.15, 0.2) is 0 Å². The lowest BCUT2D eigenvalue weighted by molar-refractivity contribution is -0.108. The normalized spacial score (nSPS) is 9.91. The predicted molar refractivity (Wildman–Crippen MR) is 42.1 cm³/mol. The van der Waals surface area contributed by atoms with Gasteiger partial charge in [0.25, 0.3) is 0 Å². The van der Waals surface area contributed by atoms with Crippen molar-refractivity contribution in [2.24, 2.45) is 0 Å². The maximum Gasteiger partial charge on any atom is 0.121 e. The number of aryl methyl sites for hydroxylation is 2. The maximum atomic E-state index is 10.00. The highest BCUT2D eigenvalue weighted by Crippen LogP contribution is 2.06. The number of carbonyl (C=O) groups is 1. The molecule has 4 nitrogen and oxygen atoms in total. The summed E-state index contributed by atoms with van der Waals surface area (Å²) in [7, 11) is 0. The summed E-state index contributed by atoms with van der Waals surface area (Å²) in [5, 5.41) is 4.08. The summed E-state index contributed by atoms with van der Waals surface area (Å²) in [6.07, 6.45) is 3.09. The van der Waals surface area contributed by atoms with Gasteiger partial charge >= 0.3 is 0 Å². The van der Waals surface area contributed by atoms with E-state index in [9.17, 15) is 4.79 Å². The van der Waals surface area contributed by atoms with Crippen LogP contribution in [0.25, 0.3) is 0 Å². The molecule has 60 valence electrons. The Morgan fingerprint density at radius 1 is 1.82 bits per heavy atom. The third kappa shape index (κ3) is 1.80. The number of aldehydes is 1. The topological polar surface area (TPSA) is 60.9 Å². The van der Waals surface area contributed by atoms with E-state index in [0.717, 1.165) is 12.0 Å².